The van der Waals surface area contributed by atoms with Crippen LogP contribution < -0.4 is 0 Å². The minimum atomic E-state index is -1.48. The Bertz CT molecular complexity index is 1140. The van der Waals surface area contributed by atoms with Crippen molar-refractivity contribution < 1.29 is 45.0 Å². The molecule has 1 aromatic carbocycles. The summed E-state index contributed by atoms with van der Waals surface area (Å²) in [4.78, 5) is 23.1. The predicted molar refractivity (Wildman–Crippen MR) is 130 cm³/mol. The van der Waals surface area contributed by atoms with E-state index in [1.54, 1.807) is 42.5 Å². The molecule has 1 aromatic rings. The van der Waals surface area contributed by atoms with Crippen molar-refractivity contribution >= 4 is 11.9 Å². The van der Waals surface area contributed by atoms with Crippen molar-refractivity contribution in [2.24, 2.45) is 0 Å². The summed E-state index contributed by atoms with van der Waals surface area (Å²) in [7, 11) is 0. The lowest BCUT2D eigenvalue weighted by atomic mass is 9.90. The number of hydrogen-bond donors (Lipinski definition) is 6. The van der Waals surface area contributed by atoms with E-state index in [2.05, 4.69) is 0 Å². The summed E-state index contributed by atoms with van der Waals surface area (Å²) in [6, 6.07) is 14.8. The zero-order chi connectivity index (χ0) is 26.6. The van der Waals surface area contributed by atoms with Crippen LogP contribution in [-0.4, -0.2) is 73.6 Å². The van der Waals surface area contributed by atoms with Gasteiger partial charge in [0, 0.05) is 0 Å². The van der Waals surface area contributed by atoms with Gasteiger partial charge in [-0.25, -0.2) is 9.59 Å². The maximum absolute atomic E-state index is 11.6. The van der Waals surface area contributed by atoms with Gasteiger partial charge in [0.1, 0.15) is 30.5 Å². The van der Waals surface area contributed by atoms with Gasteiger partial charge in [0.25, 0.3) is 0 Å². The summed E-state index contributed by atoms with van der Waals surface area (Å²) >= 11 is 0. The molecular weight excluding hydrogens is 468 g/mol. The highest BCUT2D eigenvalue weighted by Crippen LogP contribution is 2.34. The fourth-order valence-electron chi connectivity index (χ4n) is 4.35. The molecule has 1 heterocycles. The van der Waals surface area contributed by atoms with Crippen LogP contribution in [0.1, 0.15) is 57.4 Å². The first kappa shape index (κ1) is 27.3. The molecule has 2 aliphatic carbocycles. The molecule has 0 bridgehead atoms. The second kappa shape index (κ2) is 11.6. The van der Waals surface area contributed by atoms with Gasteiger partial charge in [-0.3, -0.25) is 0 Å². The largest absolute Gasteiger partial charge is 0.478 e. The summed E-state index contributed by atoms with van der Waals surface area (Å²) in [5.41, 5.74) is 2.64. The Morgan fingerprint density at radius 3 is 1.89 bits per heavy atom. The molecule has 4 rings (SSSR count). The van der Waals surface area contributed by atoms with Crippen molar-refractivity contribution in [3.8, 4) is 11.1 Å². The van der Waals surface area contributed by atoms with Crippen molar-refractivity contribution in [1.82, 2.24) is 0 Å². The third kappa shape index (κ3) is 5.40. The Kier molecular flexibility index (Phi) is 8.78. The molecule has 36 heavy (non-hydrogen) atoms. The lowest BCUT2D eigenvalue weighted by Crippen LogP contribution is -2.55. The molecule has 0 unspecified atom stereocenters. The molecule has 3 aliphatic rings. The van der Waals surface area contributed by atoms with Crippen LogP contribution in [0.15, 0.2) is 54.6 Å². The van der Waals surface area contributed by atoms with E-state index in [1.165, 1.54) is 0 Å². The highest BCUT2D eigenvalue weighted by molar-refractivity contribution is 6.06. The quantitative estimate of drug-likeness (QED) is 0.299. The predicted octanol–water partition coefficient (Wildman–Crippen LogP) is 2.32. The Hall–Kier alpha value is -3.34. The number of aromatic carboxylic acids is 2. The van der Waals surface area contributed by atoms with E-state index in [0.717, 1.165) is 17.2 Å². The van der Waals surface area contributed by atoms with Crippen LogP contribution >= 0.6 is 0 Å². The van der Waals surface area contributed by atoms with Crippen molar-refractivity contribution in [3.63, 3.8) is 0 Å². The normalized spacial score (nSPS) is 23.6. The van der Waals surface area contributed by atoms with Gasteiger partial charge in [-0.1, -0.05) is 62.4 Å². The maximum Gasteiger partial charge on any atom is 0.336 e. The molecular formula is C27H30O9. The van der Waals surface area contributed by atoms with Gasteiger partial charge in [-0.15, -0.1) is 0 Å². The maximum atomic E-state index is 11.6. The first-order valence-electron chi connectivity index (χ1n) is 11.6. The lowest BCUT2D eigenvalue weighted by Gasteiger charge is -2.40. The number of rotatable bonds is 6. The second-order valence-electron chi connectivity index (χ2n) is 8.32. The van der Waals surface area contributed by atoms with Crippen LogP contribution in [0.25, 0.3) is 11.1 Å². The van der Waals surface area contributed by atoms with Gasteiger partial charge in [0.15, 0.2) is 0 Å². The smallest absolute Gasteiger partial charge is 0.336 e. The molecule has 0 spiro atoms. The first-order chi connectivity index (χ1) is 17.2. The Morgan fingerprint density at radius 2 is 1.36 bits per heavy atom. The average Bonchev–Trinajstić information content (AvgIpc) is 3.13. The van der Waals surface area contributed by atoms with E-state index in [4.69, 9.17) is 4.74 Å². The number of aliphatic hydroxyl groups excluding tert-OH is 4. The zero-order valence-corrected chi connectivity index (χ0v) is 19.9. The summed E-state index contributed by atoms with van der Waals surface area (Å²) < 4.78 is 5.63. The Balaban J connectivity index is 0.00000176. The minimum Gasteiger partial charge on any atom is -0.478 e. The number of carboxylic acid groups (broad SMARTS) is 2. The van der Waals surface area contributed by atoms with Gasteiger partial charge < -0.3 is 35.4 Å². The third-order valence-corrected chi connectivity index (χ3v) is 6.13. The van der Waals surface area contributed by atoms with E-state index in [-0.39, 0.29) is 11.1 Å². The van der Waals surface area contributed by atoms with E-state index >= 15 is 0 Å². The topological polar surface area (TPSA) is 165 Å². The van der Waals surface area contributed by atoms with Crippen molar-refractivity contribution in [2.75, 3.05) is 6.61 Å². The number of carbonyl (C=O) groups is 2. The zero-order valence-electron chi connectivity index (χ0n) is 19.9. The number of ether oxygens (including phenoxy) is 1. The first-order valence-corrected chi connectivity index (χ1v) is 11.6. The van der Waals surface area contributed by atoms with E-state index in [9.17, 15) is 40.2 Å². The number of carboxylic acids is 2. The molecule has 0 saturated carbocycles. The highest BCUT2D eigenvalue weighted by Gasteiger charge is 2.43. The van der Waals surface area contributed by atoms with Crippen LogP contribution in [0.3, 0.4) is 0 Å². The molecule has 5 atom stereocenters. The average molecular weight is 499 g/mol. The summed E-state index contributed by atoms with van der Waals surface area (Å²) in [5, 5.41) is 58.8. The lowest BCUT2D eigenvalue weighted by molar-refractivity contribution is -0.231. The summed E-state index contributed by atoms with van der Waals surface area (Å²) in [5.74, 6) is -2.42. The van der Waals surface area contributed by atoms with E-state index in [0.29, 0.717) is 23.1 Å². The molecule has 1 fully saturated rings. The van der Waals surface area contributed by atoms with E-state index in [1.807, 2.05) is 19.9 Å². The third-order valence-electron chi connectivity index (χ3n) is 6.13. The van der Waals surface area contributed by atoms with Gasteiger partial charge >= 0.3 is 11.9 Å². The van der Waals surface area contributed by atoms with Crippen molar-refractivity contribution in [2.45, 2.75) is 50.8 Å². The fourth-order valence-corrected chi connectivity index (χ4v) is 4.35. The number of hydrogen-bond acceptors (Lipinski definition) is 7. The molecule has 0 radical (unpaired) electrons. The Morgan fingerprint density at radius 1 is 0.778 bits per heavy atom. The molecule has 9 heteroatoms. The summed E-state index contributed by atoms with van der Waals surface area (Å²) in [6.07, 6.45) is -5.88. The molecule has 1 saturated heterocycles. The van der Waals surface area contributed by atoms with Crippen molar-refractivity contribution in [1.29, 1.82) is 0 Å². The monoisotopic (exact) mass is 498 g/mol. The van der Waals surface area contributed by atoms with Gasteiger partial charge in [0.2, 0.25) is 0 Å². The number of benzene rings is 1. The minimum absolute atomic E-state index is 0.0841. The number of fused-ring (bicyclic) bond motifs is 1. The number of aliphatic hydroxyl groups is 4. The molecule has 9 nitrogen and oxygen atoms in total. The van der Waals surface area contributed by atoms with Crippen LogP contribution in [0.4, 0.5) is 0 Å². The fraction of sp³-hybridized carbons (Fsp3) is 0.333. The molecule has 1 aliphatic heterocycles. The van der Waals surface area contributed by atoms with E-state index < -0.39 is 49.1 Å². The Labute approximate surface area is 208 Å². The van der Waals surface area contributed by atoms with Crippen LogP contribution in [0.5, 0.6) is 0 Å². The van der Waals surface area contributed by atoms with Crippen LogP contribution in [0.2, 0.25) is 0 Å². The molecule has 6 N–H and O–H groups in total. The molecule has 0 amide bonds. The van der Waals surface area contributed by atoms with Crippen LogP contribution in [-0.2, 0) is 11.2 Å². The van der Waals surface area contributed by atoms with Crippen LogP contribution in [0, 0.1) is 0 Å². The molecule has 0 aromatic heterocycles. The molecule has 192 valence electrons. The van der Waals surface area contributed by atoms with Gasteiger partial charge in [0.05, 0.1) is 17.7 Å². The van der Waals surface area contributed by atoms with Gasteiger partial charge in [-0.05, 0) is 40.3 Å². The second-order valence-corrected chi connectivity index (χ2v) is 8.32. The van der Waals surface area contributed by atoms with Crippen molar-refractivity contribution in [3.05, 3.63) is 82.4 Å². The van der Waals surface area contributed by atoms with Gasteiger partial charge in [-0.2, -0.15) is 0 Å². The SMILES string of the molecule is CC.O=C(O)c1cc(C(=O)O)c2ccc(Cc3cccc([C@@H]4O[C@H](CO)[C@@H](O)[C@H](O)[C@H]4O)c3)ccc1-2. The summed E-state index contributed by atoms with van der Waals surface area (Å²) in [6.45, 7) is 3.48. The standard InChI is InChI=1S/C25H24O9.C2H6/c26-11-19-20(27)21(28)22(29)23(34-19)14-3-1-2-13(9-14)8-12-4-6-15-16(7-5-12)18(25(32)33)10-17(15)24(30)31;1-2/h1-7,9-10,19-23,26-29H,8,11H2,(H,30,31)(H,32,33);1-2H3/t19-,20-,21+,22-,23+;/m1./s1. The highest BCUT2D eigenvalue weighted by atomic mass is 16.5.